The van der Waals surface area contributed by atoms with Crippen LogP contribution < -0.4 is 0 Å². The lowest BCUT2D eigenvalue weighted by Crippen LogP contribution is -2.12. The number of hydrogen-bond donors (Lipinski definition) is 0. The molecular formula is C16H20I2O5. The van der Waals surface area contributed by atoms with Crippen LogP contribution >= 0.6 is 45.2 Å². The summed E-state index contributed by atoms with van der Waals surface area (Å²) >= 11 is 4.49. The molecule has 0 amide bonds. The summed E-state index contributed by atoms with van der Waals surface area (Å²) in [5, 5.41) is 0. The maximum absolute atomic E-state index is 11.6. The van der Waals surface area contributed by atoms with E-state index in [4.69, 9.17) is 18.9 Å². The van der Waals surface area contributed by atoms with Gasteiger partial charge in [-0.2, -0.15) is 0 Å². The van der Waals surface area contributed by atoms with Gasteiger partial charge in [-0.05, 0) is 75.0 Å². The maximum atomic E-state index is 11.6. The Labute approximate surface area is 164 Å². The Kier molecular flexibility index (Phi) is 11.9. The molecule has 0 radical (unpaired) electrons. The smallest absolute Gasteiger partial charge is 0.330 e. The summed E-state index contributed by atoms with van der Waals surface area (Å²) in [5.74, 6) is -0.376. The average molecular weight is 546 g/mol. The lowest BCUT2D eigenvalue weighted by molar-refractivity contribution is -0.139. The van der Waals surface area contributed by atoms with E-state index in [9.17, 15) is 4.79 Å². The first-order chi connectivity index (χ1) is 11.1. The summed E-state index contributed by atoms with van der Waals surface area (Å²) in [7, 11) is 1.63. The summed E-state index contributed by atoms with van der Waals surface area (Å²) in [6.07, 6.45) is 3.17. The van der Waals surface area contributed by atoms with Gasteiger partial charge < -0.3 is 18.9 Å². The summed E-state index contributed by atoms with van der Waals surface area (Å²) in [5.41, 5.74) is 0.975. The van der Waals surface area contributed by atoms with Crippen molar-refractivity contribution in [2.24, 2.45) is 0 Å². The van der Waals surface area contributed by atoms with Crippen molar-refractivity contribution in [1.82, 2.24) is 0 Å². The molecule has 0 atom stereocenters. The van der Waals surface area contributed by atoms with Crippen LogP contribution in [0.4, 0.5) is 0 Å². The van der Waals surface area contributed by atoms with Crippen molar-refractivity contribution in [3.8, 4) is 0 Å². The molecule has 0 aliphatic heterocycles. The van der Waals surface area contributed by atoms with E-state index in [1.807, 2.05) is 12.1 Å². The Morgan fingerprint density at radius 3 is 2.13 bits per heavy atom. The number of esters is 1. The van der Waals surface area contributed by atoms with Crippen LogP contribution in [-0.2, 0) is 23.7 Å². The summed E-state index contributed by atoms with van der Waals surface area (Å²) in [6.45, 7) is 2.68. The van der Waals surface area contributed by atoms with E-state index in [2.05, 4.69) is 51.2 Å². The van der Waals surface area contributed by atoms with Gasteiger partial charge in [0, 0.05) is 20.3 Å². The second-order valence-electron chi connectivity index (χ2n) is 4.42. The highest BCUT2D eigenvalue weighted by atomic mass is 127. The largest absolute Gasteiger partial charge is 0.460 e. The van der Waals surface area contributed by atoms with Gasteiger partial charge in [-0.1, -0.05) is 0 Å². The predicted molar refractivity (Wildman–Crippen MR) is 105 cm³/mol. The first-order valence-electron chi connectivity index (χ1n) is 7.07. The van der Waals surface area contributed by atoms with Crippen molar-refractivity contribution in [1.29, 1.82) is 0 Å². The van der Waals surface area contributed by atoms with Crippen molar-refractivity contribution >= 4 is 57.2 Å². The average Bonchev–Trinajstić information content (AvgIpc) is 2.50. The third kappa shape index (κ3) is 11.0. The minimum atomic E-state index is -0.376. The van der Waals surface area contributed by atoms with Crippen LogP contribution in [0.1, 0.15) is 5.56 Å². The van der Waals surface area contributed by atoms with Gasteiger partial charge in [0.15, 0.2) is 0 Å². The highest BCUT2D eigenvalue weighted by molar-refractivity contribution is 14.1. The fraction of sp³-hybridized carbons (Fsp3) is 0.438. The third-order valence-electron chi connectivity index (χ3n) is 2.57. The van der Waals surface area contributed by atoms with Crippen LogP contribution in [0, 0.1) is 7.14 Å². The van der Waals surface area contributed by atoms with Gasteiger partial charge in [0.25, 0.3) is 0 Å². The monoisotopic (exact) mass is 546 g/mol. The second-order valence-corrected chi connectivity index (χ2v) is 6.91. The van der Waals surface area contributed by atoms with Crippen LogP contribution in [0.5, 0.6) is 0 Å². The Hall–Kier alpha value is -0.230. The van der Waals surface area contributed by atoms with Crippen LogP contribution in [0.15, 0.2) is 24.3 Å². The zero-order valence-electron chi connectivity index (χ0n) is 12.9. The van der Waals surface area contributed by atoms with Gasteiger partial charge in [0.05, 0.1) is 33.0 Å². The molecule has 5 nitrogen and oxygen atoms in total. The van der Waals surface area contributed by atoms with Crippen molar-refractivity contribution in [3.05, 3.63) is 37.0 Å². The maximum Gasteiger partial charge on any atom is 0.330 e. The number of carbonyl (C=O) groups is 1. The van der Waals surface area contributed by atoms with Crippen LogP contribution in [-0.4, -0.2) is 52.7 Å². The van der Waals surface area contributed by atoms with Gasteiger partial charge in [-0.25, -0.2) is 4.79 Å². The predicted octanol–water partition coefficient (Wildman–Crippen LogP) is 3.13. The number of hydrogen-bond acceptors (Lipinski definition) is 5. The zero-order valence-corrected chi connectivity index (χ0v) is 17.2. The standard InChI is InChI=1S/C16H20I2O5/c1-20-4-5-21-6-7-22-8-9-23-16(19)3-2-13-10-14(17)12-15(18)11-13/h2-3,10-12H,4-9H2,1H3/b3-2+. The van der Waals surface area contributed by atoms with E-state index < -0.39 is 0 Å². The fourth-order valence-electron chi connectivity index (χ4n) is 1.55. The minimum Gasteiger partial charge on any atom is -0.460 e. The molecule has 0 saturated carbocycles. The van der Waals surface area contributed by atoms with Gasteiger partial charge in [0.2, 0.25) is 0 Å². The molecule has 23 heavy (non-hydrogen) atoms. The Morgan fingerprint density at radius 2 is 1.52 bits per heavy atom. The molecule has 0 fully saturated rings. The highest BCUT2D eigenvalue weighted by Crippen LogP contribution is 2.15. The first kappa shape index (κ1) is 20.8. The van der Waals surface area contributed by atoms with Crippen molar-refractivity contribution < 1.29 is 23.7 Å². The molecule has 1 aromatic carbocycles. The third-order valence-corrected chi connectivity index (χ3v) is 3.82. The Balaban J connectivity index is 2.11. The topological polar surface area (TPSA) is 54.0 Å². The van der Waals surface area contributed by atoms with Crippen LogP contribution in [0.3, 0.4) is 0 Å². The van der Waals surface area contributed by atoms with Gasteiger partial charge in [-0.15, -0.1) is 0 Å². The van der Waals surface area contributed by atoms with E-state index in [-0.39, 0.29) is 12.6 Å². The fourth-order valence-corrected chi connectivity index (χ4v) is 3.54. The normalized spacial score (nSPS) is 11.1. The lowest BCUT2D eigenvalue weighted by atomic mass is 10.2. The second kappa shape index (κ2) is 13.1. The molecule has 0 aromatic heterocycles. The molecule has 1 aromatic rings. The van der Waals surface area contributed by atoms with Gasteiger partial charge in [0.1, 0.15) is 6.61 Å². The quantitative estimate of drug-likeness (QED) is 0.185. The van der Waals surface area contributed by atoms with E-state index in [0.717, 1.165) is 12.7 Å². The summed E-state index contributed by atoms with van der Waals surface area (Å²) in [6, 6.07) is 6.06. The number of ether oxygens (including phenoxy) is 4. The Bertz CT molecular complexity index is 485. The van der Waals surface area contributed by atoms with Crippen LogP contribution in [0.25, 0.3) is 6.08 Å². The molecule has 0 spiro atoms. The molecule has 7 heteroatoms. The van der Waals surface area contributed by atoms with Gasteiger partial charge >= 0.3 is 5.97 Å². The lowest BCUT2D eigenvalue weighted by Gasteiger charge is -2.05. The molecule has 0 bridgehead atoms. The van der Waals surface area contributed by atoms with E-state index in [0.29, 0.717) is 33.0 Å². The van der Waals surface area contributed by atoms with Crippen molar-refractivity contribution in [3.63, 3.8) is 0 Å². The molecule has 0 heterocycles. The number of methoxy groups -OCH3 is 1. The molecule has 0 aliphatic carbocycles. The van der Waals surface area contributed by atoms with E-state index in [1.54, 1.807) is 13.2 Å². The number of halogens is 2. The molecule has 0 saturated heterocycles. The van der Waals surface area contributed by atoms with Crippen molar-refractivity contribution in [2.75, 3.05) is 46.8 Å². The van der Waals surface area contributed by atoms with Crippen LogP contribution in [0.2, 0.25) is 0 Å². The molecular weight excluding hydrogens is 526 g/mol. The zero-order chi connectivity index (χ0) is 16.9. The van der Waals surface area contributed by atoms with E-state index >= 15 is 0 Å². The number of carbonyl (C=O) groups excluding carboxylic acids is 1. The minimum absolute atomic E-state index is 0.227. The molecule has 0 unspecified atom stereocenters. The summed E-state index contributed by atoms with van der Waals surface area (Å²) in [4.78, 5) is 11.6. The SMILES string of the molecule is COCCOCCOCCOC(=O)/C=C/c1cc(I)cc(I)c1. The molecule has 1 rings (SSSR count). The first-order valence-corrected chi connectivity index (χ1v) is 9.23. The Morgan fingerprint density at radius 1 is 0.957 bits per heavy atom. The van der Waals surface area contributed by atoms with Crippen molar-refractivity contribution in [2.45, 2.75) is 0 Å². The molecule has 128 valence electrons. The number of rotatable bonds is 11. The molecule has 0 N–H and O–H groups in total. The highest BCUT2D eigenvalue weighted by Gasteiger charge is 1.99. The number of benzene rings is 1. The van der Waals surface area contributed by atoms with Gasteiger partial charge in [-0.3, -0.25) is 0 Å². The summed E-state index contributed by atoms with van der Waals surface area (Å²) < 4.78 is 22.7. The van der Waals surface area contributed by atoms with E-state index in [1.165, 1.54) is 6.08 Å². The molecule has 0 aliphatic rings.